The summed E-state index contributed by atoms with van der Waals surface area (Å²) in [5, 5.41) is 12.1. The molecule has 44 heavy (non-hydrogen) atoms. The average Bonchev–Trinajstić information content (AvgIpc) is 3.35. The highest BCUT2D eigenvalue weighted by atomic mass is 32.2. The Bertz CT molecular complexity index is 1660. The van der Waals surface area contributed by atoms with Gasteiger partial charge in [-0.1, -0.05) is 18.2 Å². The van der Waals surface area contributed by atoms with Crippen LogP contribution >= 0.6 is 0 Å². The van der Waals surface area contributed by atoms with Crippen LogP contribution in [0.25, 0.3) is 0 Å². The van der Waals surface area contributed by atoms with Gasteiger partial charge in [0.25, 0.3) is 5.91 Å². The Labute approximate surface area is 252 Å². The van der Waals surface area contributed by atoms with Crippen LogP contribution in [0.5, 0.6) is 17.2 Å². The number of nitrogens with zero attached hydrogens (tertiary/aromatic N) is 1. The second kappa shape index (κ2) is 13.0. The number of hydrogen-bond donors (Lipinski definition) is 2. The number of fused-ring (bicyclic) bond motifs is 1. The van der Waals surface area contributed by atoms with E-state index in [9.17, 15) is 31.2 Å². The molecule has 236 valence electrons. The minimum Gasteiger partial charge on any atom is -0.497 e. The van der Waals surface area contributed by atoms with E-state index < -0.39 is 39.9 Å². The van der Waals surface area contributed by atoms with E-state index in [2.05, 4.69) is 10.1 Å². The van der Waals surface area contributed by atoms with Crippen LogP contribution in [0.1, 0.15) is 35.6 Å². The Morgan fingerprint density at radius 3 is 2.48 bits per heavy atom. The minimum atomic E-state index is -4.93. The highest BCUT2D eigenvalue weighted by Gasteiger charge is 2.35. The van der Waals surface area contributed by atoms with Gasteiger partial charge in [-0.2, -0.15) is 0 Å². The third kappa shape index (κ3) is 8.13. The largest absolute Gasteiger partial charge is 0.573 e. The molecule has 0 bridgehead atoms. The summed E-state index contributed by atoms with van der Waals surface area (Å²) in [6.07, 6.45) is -3.45. The van der Waals surface area contributed by atoms with Crippen LogP contribution in [-0.4, -0.2) is 58.3 Å². The van der Waals surface area contributed by atoms with Crippen LogP contribution in [0, 0.1) is 6.92 Å². The lowest BCUT2D eigenvalue weighted by Crippen LogP contribution is -2.37. The number of nitrogens with one attached hydrogen (secondary N) is 1. The van der Waals surface area contributed by atoms with Crippen molar-refractivity contribution in [2.24, 2.45) is 0 Å². The van der Waals surface area contributed by atoms with Gasteiger partial charge in [-0.3, -0.25) is 9.59 Å². The van der Waals surface area contributed by atoms with Gasteiger partial charge in [0.1, 0.15) is 23.3 Å². The molecule has 0 radical (unpaired) electrons. The van der Waals surface area contributed by atoms with Crippen molar-refractivity contribution >= 4 is 33.1 Å². The zero-order valence-corrected chi connectivity index (χ0v) is 24.9. The minimum absolute atomic E-state index is 0.0335. The van der Waals surface area contributed by atoms with Crippen LogP contribution < -0.4 is 24.4 Å². The molecule has 0 aliphatic carbocycles. The predicted molar refractivity (Wildman–Crippen MR) is 155 cm³/mol. The summed E-state index contributed by atoms with van der Waals surface area (Å²) in [6.45, 7) is 2.00. The zero-order chi connectivity index (χ0) is 32.2. The number of methoxy groups -OCH3 is 1. The number of alkyl halides is 3. The molecule has 0 fully saturated rings. The van der Waals surface area contributed by atoms with Crippen molar-refractivity contribution in [1.29, 1.82) is 0 Å². The number of carboxylic acids is 1. The lowest BCUT2D eigenvalue weighted by atomic mass is 10.0. The third-order valence-electron chi connectivity index (χ3n) is 6.83. The van der Waals surface area contributed by atoms with Gasteiger partial charge in [0.15, 0.2) is 9.84 Å². The van der Waals surface area contributed by atoms with Crippen LogP contribution in [0.2, 0.25) is 0 Å². The lowest BCUT2D eigenvalue weighted by molar-refractivity contribution is -0.274. The number of sulfone groups is 1. The van der Waals surface area contributed by atoms with Gasteiger partial charge in [-0.05, 0) is 55.2 Å². The molecule has 1 unspecified atom stereocenters. The molecular formula is C30H31F3N2O8S. The Kier molecular flexibility index (Phi) is 9.62. The number of carbonyl (C=O) groups excluding carboxylic acids is 1. The number of hydrogen-bond acceptors (Lipinski definition) is 8. The molecule has 10 nitrogen and oxygen atoms in total. The number of carbonyl (C=O) groups is 2. The number of benzene rings is 3. The quantitative estimate of drug-likeness (QED) is 0.255. The number of carboxylic acid groups (broad SMARTS) is 1. The Hall–Kier alpha value is -4.46. The summed E-state index contributed by atoms with van der Waals surface area (Å²) < 4.78 is 78.9. The molecule has 3 aromatic rings. The molecule has 1 heterocycles. The first-order chi connectivity index (χ1) is 20.6. The fraction of sp³-hybridized carbons (Fsp3) is 0.333. The highest BCUT2D eigenvalue weighted by molar-refractivity contribution is 7.90. The van der Waals surface area contributed by atoms with Gasteiger partial charge in [0, 0.05) is 42.6 Å². The van der Waals surface area contributed by atoms with Crippen molar-refractivity contribution in [3.63, 3.8) is 0 Å². The molecule has 2 N–H and O–H groups in total. The molecule has 1 amide bonds. The Morgan fingerprint density at radius 1 is 1.07 bits per heavy atom. The van der Waals surface area contributed by atoms with Crippen molar-refractivity contribution in [2.75, 3.05) is 36.7 Å². The smallest absolute Gasteiger partial charge is 0.497 e. The Morgan fingerprint density at radius 2 is 1.82 bits per heavy atom. The molecule has 1 aliphatic rings. The van der Waals surface area contributed by atoms with Crippen molar-refractivity contribution in [1.82, 2.24) is 0 Å². The summed E-state index contributed by atoms with van der Waals surface area (Å²) in [7, 11) is -2.32. The number of ether oxygens (including phenoxy) is 3. The summed E-state index contributed by atoms with van der Waals surface area (Å²) in [5.74, 6) is -1.55. The first-order valence-electron chi connectivity index (χ1n) is 13.5. The maximum absolute atomic E-state index is 14.3. The van der Waals surface area contributed by atoms with E-state index >= 15 is 0 Å². The molecular weight excluding hydrogens is 605 g/mol. The molecule has 14 heteroatoms. The third-order valence-corrected chi connectivity index (χ3v) is 7.92. The maximum atomic E-state index is 14.3. The van der Waals surface area contributed by atoms with Crippen LogP contribution in [-0.2, 0) is 25.8 Å². The van der Waals surface area contributed by atoms with Gasteiger partial charge in [-0.25, -0.2) is 8.42 Å². The molecule has 0 aromatic heterocycles. The average molecular weight is 637 g/mol. The monoisotopic (exact) mass is 636 g/mol. The fourth-order valence-electron chi connectivity index (χ4n) is 4.78. The molecule has 1 atom stereocenters. The van der Waals surface area contributed by atoms with E-state index in [1.54, 1.807) is 25.1 Å². The van der Waals surface area contributed by atoms with Gasteiger partial charge in [0.2, 0.25) is 0 Å². The van der Waals surface area contributed by atoms with Crippen LogP contribution in [0.15, 0.2) is 59.5 Å². The normalized spacial score (nSPS) is 13.6. The van der Waals surface area contributed by atoms with Crippen molar-refractivity contribution in [3.8, 4) is 17.2 Å². The zero-order valence-electron chi connectivity index (χ0n) is 24.1. The maximum Gasteiger partial charge on any atom is 0.573 e. The van der Waals surface area contributed by atoms with E-state index in [1.165, 1.54) is 42.3 Å². The second-order valence-corrected chi connectivity index (χ2v) is 12.2. The van der Waals surface area contributed by atoms with Crippen molar-refractivity contribution < 1.29 is 50.5 Å². The summed E-state index contributed by atoms with van der Waals surface area (Å²) in [6, 6.07) is 11.8. The van der Waals surface area contributed by atoms with Crippen molar-refractivity contribution in [3.05, 3.63) is 71.3 Å². The first-order valence-corrected chi connectivity index (χ1v) is 15.3. The van der Waals surface area contributed by atoms with E-state index in [-0.39, 0.29) is 53.8 Å². The van der Waals surface area contributed by atoms with Crippen LogP contribution in [0.4, 0.5) is 24.5 Å². The van der Waals surface area contributed by atoms with E-state index in [0.29, 0.717) is 17.5 Å². The number of anilines is 2. The molecule has 0 saturated heterocycles. The molecule has 0 spiro atoms. The summed E-state index contributed by atoms with van der Waals surface area (Å²) >= 11 is 0. The number of aliphatic carboxylic acids is 1. The number of amides is 1. The Balaban J connectivity index is 1.79. The summed E-state index contributed by atoms with van der Waals surface area (Å²) in [4.78, 5) is 26.6. The van der Waals surface area contributed by atoms with E-state index in [1.807, 2.05) is 0 Å². The van der Waals surface area contributed by atoms with Gasteiger partial charge in [-0.15, -0.1) is 13.2 Å². The molecule has 3 aromatic carbocycles. The predicted octanol–water partition coefficient (Wildman–Crippen LogP) is 5.29. The first kappa shape index (κ1) is 32.5. The fourth-order valence-corrected chi connectivity index (χ4v) is 5.45. The second-order valence-electron chi connectivity index (χ2n) is 10.2. The lowest BCUT2D eigenvalue weighted by Gasteiger charge is -2.28. The highest BCUT2D eigenvalue weighted by Crippen LogP contribution is 2.38. The van der Waals surface area contributed by atoms with Gasteiger partial charge < -0.3 is 29.5 Å². The molecule has 4 rings (SSSR count). The van der Waals surface area contributed by atoms with Crippen LogP contribution in [0.3, 0.4) is 0 Å². The van der Waals surface area contributed by atoms with Gasteiger partial charge in [0.05, 0.1) is 24.3 Å². The van der Waals surface area contributed by atoms with Crippen molar-refractivity contribution in [2.45, 2.75) is 43.5 Å². The molecule has 1 aliphatic heterocycles. The van der Waals surface area contributed by atoms with E-state index in [4.69, 9.17) is 14.6 Å². The van der Waals surface area contributed by atoms with Gasteiger partial charge >= 0.3 is 12.3 Å². The van der Waals surface area contributed by atoms with E-state index in [0.717, 1.165) is 17.9 Å². The number of halogens is 3. The topological polar surface area (TPSA) is 131 Å². The standard InChI is InChI=1S/C30H31F3N2O8S/c1-18-6-9-24(26(13-18)42-12-4-5-27(36)37)28(34-20-14-22(41-2)16-23(15-20)44(3,39)40)29(38)35-11-10-19-7-8-21(17-25(19)35)43-30(31,32)33/h6-9,13-17,28,34H,4-5,10-12H2,1-3H3,(H,36,37). The number of rotatable bonds is 12. The SMILES string of the molecule is COc1cc(NC(C(=O)N2CCc3ccc(OC(F)(F)F)cc32)c2ccc(C)cc2OCCCC(=O)O)cc(S(C)(=O)=O)c1. The number of aryl methyl sites for hydroxylation is 1. The summed E-state index contributed by atoms with van der Waals surface area (Å²) in [5.41, 5.74) is 2.22. The molecule has 0 saturated carbocycles.